The van der Waals surface area contributed by atoms with Gasteiger partial charge in [-0.2, -0.15) is 0 Å². The van der Waals surface area contributed by atoms with E-state index in [-0.39, 0.29) is 11.7 Å². The van der Waals surface area contributed by atoms with Gasteiger partial charge in [-0.3, -0.25) is 9.36 Å². The molecule has 0 atom stereocenters. The van der Waals surface area contributed by atoms with Gasteiger partial charge in [-0.1, -0.05) is 48.5 Å². The number of thioether (sulfide) groups is 1. The Balaban J connectivity index is 1.74. The van der Waals surface area contributed by atoms with Crippen LogP contribution >= 0.6 is 23.1 Å². The lowest BCUT2D eigenvalue weighted by molar-refractivity contribution is -0.113. The maximum atomic E-state index is 12.6. The normalized spacial score (nSPS) is 10.7. The van der Waals surface area contributed by atoms with Crippen LogP contribution in [0.2, 0.25) is 0 Å². The Morgan fingerprint density at radius 3 is 2.81 bits per heavy atom. The number of aromatic nitrogens is 3. The van der Waals surface area contributed by atoms with Gasteiger partial charge in [0.05, 0.1) is 18.4 Å². The molecule has 0 saturated heterocycles. The number of rotatable bonds is 9. The molecule has 1 amide bonds. The van der Waals surface area contributed by atoms with E-state index in [1.54, 1.807) is 12.1 Å². The number of hydrogen-bond acceptors (Lipinski definition) is 7. The highest BCUT2D eigenvalue weighted by atomic mass is 32.2. The molecule has 7 nitrogen and oxygen atoms in total. The monoisotopic (exact) mass is 456 g/mol. The van der Waals surface area contributed by atoms with E-state index in [2.05, 4.69) is 22.1 Å². The van der Waals surface area contributed by atoms with Crippen LogP contribution in [-0.2, 0) is 22.5 Å². The number of methoxy groups -OCH3 is 1. The van der Waals surface area contributed by atoms with Gasteiger partial charge in [0.25, 0.3) is 0 Å². The second-order valence-electron chi connectivity index (χ2n) is 6.71. The standard InChI is InChI=1S/C22H24N4O3S2/c1-5-10-26-19(15-9-7-8-14(3)11-15)24-25-22(26)30-13-18(27)23-20-17(21(28)29-4)12-16(6-2)31-20/h5,7-9,11-12H,1,6,10,13H2,2-4H3,(H,23,27). The van der Waals surface area contributed by atoms with Crippen molar-refractivity contribution >= 4 is 40.0 Å². The molecule has 0 fully saturated rings. The Morgan fingerprint density at radius 1 is 1.32 bits per heavy atom. The zero-order valence-electron chi connectivity index (χ0n) is 17.7. The van der Waals surface area contributed by atoms with E-state index in [1.807, 2.05) is 42.7 Å². The molecule has 3 rings (SSSR count). The number of aryl methyl sites for hydroxylation is 2. The van der Waals surface area contributed by atoms with Gasteiger partial charge in [0.15, 0.2) is 11.0 Å². The SMILES string of the molecule is C=CCn1c(SCC(=O)Nc2sc(CC)cc2C(=O)OC)nnc1-c1cccc(C)c1. The first-order chi connectivity index (χ1) is 15.0. The molecule has 0 spiro atoms. The third-order valence-electron chi connectivity index (χ3n) is 4.43. The molecule has 2 aromatic heterocycles. The fraction of sp³-hybridized carbons (Fsp3) is 0.273. The molecule has 0 bridgehead atoms. The number of amides is 1. The summed E-state index contributed by atoms with van der Waals surface area (Å²) >= 11 is 2.66. The number of thiophene rings is 1. The molecule has 0 aliphatic heterocycles. The zero-order valence-corrected chi connectivity index (χ0v) is 19.3. The zero-order chi connectivity index (χ0) is 22.4. The van der Waals surface area contributed by atoms with E-state index in [0.717, 1.165) is 28.2 Å². The third-order valence-corrected chi connectivity index (χ3v) is 6.59. The lowest BCUT2D eigenvalue weighted by atomic mass is 10.1. The average Bonchev–Trinajstić information content (AvgIpc) is 3.36. The number of allylic oxidation sites excluding steroid dienone is 1. The first kappa shape index (κ1) is 22.8. The smallest absolute Gasteiger partial charge is 0.340 e. The van der Waals surface area contributed by atoms with Crippen molar-refractivity contribution in [2.75, 3.05) is 18.2 Å². The van der Waals surface area contributed by atoms with E-state index in [1.165, 1.54) is 30.2 Å². The van der Waals surface area contributed by atoms with Crippen molar-refractivity contribution in [2.24, 2.45) is 0 Å². The minimum atomic E-state index is -0.465. The van der Waals surface area contributed by atoms with Crippen LogP contribution in [0.4, 0.5) is 5.00 Å². The van der Waals surface area contributed by atoms with Crippen LogP contribution in [0.15, 0.2) is 48.1 Å². The van der Waals surface area contributed by atoms with E-state index in [9.17, 15) is 9.59 Å². The van der Waals surface area contributed by atoms with E-state index >= 15 is 0 Å². The molecular weight excluding hydrogens is 432 g/mol. The predicted molar refractivity (Wildman–Crippen MR) is 125 cm³/mol. The van der Waals surface area contributed by atoms with Crippen LogP contribution in [0, 0.1) is 6.92 Å². The Hall–Kier alpha value is -2.91. The van der Waals surface area contributed by atoms with Gasteiger partial charge in [-0.15, -0.1) is 28.1 Å². The molecule has 0 aliphatic carbocycles. The van der Waals surface area contributed by atoms with Crippen LogP contribution in [0.5, 0.6) is 0 Å². The molecule has 31 heavy (non-hydrogen) atoms. The van der Waals surface area contributed by atoms with Crippen LogP contribution < -0.4 is 5.32 Å². The van der Waals surface area contributed by atoms with Crippen LogP contribution in [0.3, 0.4) is 0 Å². The van der Waals surface area contributed by atoms with Crippen LogP contribution in [0.25, 0.3) is 11.4 Å². The van der Waals surface area contributed by atoms with Gasteiger partial charge in [0.2, 0.25) is 5.91 Å². The fourth-order valence-corrected chi connectivity index (χ4v) is 4.70. The number of carbonyl (C=O) groups is 2. The van der Waals surface area contributed by atoms with Crippen molar-refractivity contribution in [1.29, 1.82) is 0 Å². The minimum absolute atomic E-state index is 0.128. The van der Waals surface area contributed by atoms with Crippen LogP contribution in [-0.4, -0.2) is 39.5 Å². The van der Waals surface area contributed by atoms with Crippen LogP contribution in [0.1, 0.15) is 27.7 Å². The summed E-state index contributed by atoms with van der Waals surface area (Å²) < 4.78 is 6.75. The molecule has 0 unspecified atom stereocenters. The van der Waals surface area contributed by atoms with Crippen molar-refractivity contribution in [3.05, 3.63) is 59.0 Å². The highest BCUT2D eigenvalue weighted by molar-refractivity contribution is 7.99. The number of nitrogens with one attached hydrogen (secondary N) is 1. The molecular formula is C22H24N4O3S2. The number of hydrogen-bond donors (Lipinski definition) is 1. The molecule has 162 valence electrons. The third kappa shape index (κ3) is 5.42. The Labute approximate surface area is 189 Å². The largest absolute Gasteiger partial charge is 0.465 e. The number of esters is 1. The van der Waals surface area contributed by atoms with E-state index in [4.69, 9.17) is 4.74 Å². The maximum Gasteiger partial charge on any atom is 0.340 e. The molecule has 3 aromatic rings. The molecule has 9 heteroatoms. The summed E-state index contributed by atoms with van der Waals surface area (Å²) in [5.41, 5.74) is 2.46. The molecule has 1 N–H and O–H groups in total. The molecule has 0 saturated carbocycles. The topological polar surface area (TPSA) is 86.1 Å². The summed E-state index contributed by atoms with van der Waals surface area (Å²) in [5, 5.41) is 12.6. The second-order valence-corrected chi connectivity index (χ2v) is 8.79. The number of anilines is 1. The van der Waals surface area contributed by atoms with Crippen molar-refractivity contribution in [3.8, 4) is 11.4 Å². The lowest BCUT2D eigenvalue weighted by Gasteiger charge is -2.08. The Morgan fingerprint density at radius 2 is 2.13 bits per heavy atom. The fourth-order valence-electron chi connectivity index (χ4n) is 2.95. The summed E-state index contributed by atoms with van der Waals surface area (Å²) in [6, 6.07) is 9.78. The van der Waals surface area contributed by atoms with Crippen molar-refractivity contribution in [1.82, 2.24) is 14.8 Å². The van der Waals surface area contributed by atoms with Gasteiger partial charge in [0.1, 0.15) is 5.00 Å². The summed E-state index contributed by atoms with van der Waals surface area (Å²) in [5.74, 6) is 0.158. The highest BCUT2D eigenvalue weighted by Crippen LogP contribution is 2.30. The second kappa shape index (κ2) is 10.4. The summed E-state index contributed by atoms with van der Waals surface area (Å²) in [4.78, 5) is 25.6. The Bertz CT molecular complexity index is 1100. The molecule has 1 aromatic carbocycles. The van der Waals surface area contributed by atoms with Gasteiger partial charge in [0, 0.05) is 17.0 Å². The minimum Gasteiger partial charge on any atom is -0.465 e. The summed E-state index contributed by atoms with van der Waals surface area (Å²) in [7, 11) is 1.32. The number of nitrogens with zero attached hydrogens (tertiary/aromatic N) is 3. The van der Waals surface area contributed by atoms with Gasteiger partial charge in [-0.25, -0.2) is 4.79 Å². The molecule has 2 heterocycles. The predicted octanol–water partition coefficient (Wildman–Crippen LogP) is 4.58. The quantitative estimate of drug-likeness (QED) is 0.288. The average molecular weight is 457 g/mol. The van der Waals surface area contributed by atoms with Gasteiger partial charge in [-0.05, 0) is 25.5 Å². The first-order valence-corrected chi connectivity index (χ1v) is 11.5. The lowest BCUT2D eigenvalue weighted by Crippen LogP contribution is -2.16. The Kier molecular flexibility index (Phi) is 7.64. The highest BCUT2D eigenvalue weighted by Gasteiger charge is 2.19. The molecule has 0 radical (unpaired) electrons. The van der Waals surface area contributed by atoms with E-state index < -0.39 is 5.97 Å². The number of ether oxygens (including phenoxy) is 1. The van der Waals surface area contributed by atoms with Crippen molar-refractivity contribution in [3.63, 3.8) is 0 Å². The summed E-state index contributed by atoms with van der Waals surface area (Å²) in [6.45, 7) is 8.36. The maximum absolute atomic E-state index is 12.6. The number of carbonyl (C=O) groups excluding carboxylic acids is 2. The summed E-state index contributed by atoms with van der Waals surface area (Å²) in [6.07, 6.45) is 2.54. The van der Waals surface area contributed by atoms with Gasteiger partial charge < -0.3 is 10.1 Å². The number of benzene rings is 1. The van der Waals surface area contributed by atoms with E-state index in [0.29, 0.717) is 22.3 Å². The van der Waals surface area contributed by atoms with Gasteiger partial charge >= 0.3 is 5.97 Å². The first-order valence-electron chi connectivity index (χ1n) is 9.71. The molecule has 0 aliphatic rings. The van der Waals surface area contributed by atoms with Crippen molar-refractivity contribution < 1.29 is 14.3 Å². The van der Waals surface area contributed by atoms with Crippen molar-refractivity contribution in [2.45, 2.75) is 32.0 Å².